The van der Waals surface area contributed by atoms with Crippen molar-refractivity contribution in [2.24, 2.45) is 11.8 Å². The number of ketones is 1. The summed E-state index contributed by atoms with van der Waals surface area (Å²) in [5.74, 6) is -3.96. The average Bonchev–Trinajstić information content (AvgIpc) is 2.95. The molecule has 3 atom stereocenters. The van der Waals surface area contributed by atoms with Crippen molar-refractivity contribution in [1.29, 1.82) is 0 Å². The number of nitrogens with one attached hydrogen (secondary N) is 3. The Balaban J connectivity index is 1.72. The number of halogens is 3. The zero-order valence-corrected chi connectivity index (χ0v) is 12.3. The van der Waals surface area contributed by atoms with E-state index < -0.39 is 41.2 Å². The van der Waals surface area contributed by atoms with Gasteiger partial charge in [-0.3, -0.25) is 14.4 Å². The number of piperidine rings is 1. The molecule has 3 N–H and O–H groups in total. The van der Waals surface area contributed by atoms with Crippen molar-refractivity contribution in [3.63, 3.8) is 0 Å². The topological polar surface area (TPSA) is 87.3 Å². The monoisotopic (exact) mass is 341 g/mol. The molecule has 1 aromatic carbocycles. The van der Waals surface area contributed by atoms with E-state index in [2.05, 4.69) is 16.0 Å². The minimum absolute atomic E-state index is 0.0836. The van der Waals surface area contributed by atoms with E-state index in [0.717, 1.165) is 24.3 Å². The zero-order valence-electron chi connectivity index (χ0n) is 12.3. The van der Waals surface area contributed by atoms with Crippen molar-refractivity contribution in [2.75, 3.05) is 18.4 Å². The molecule has 0 spiro atoms. The smallest absolute Gasteiger partial charge is 0.350 e. The fourth-order valence-corrected chi connectivity index (χ4v) is 2.94. The molecule has 1 unspecified atom stereocenters. The summed E-state index contributed by atoms with van der Waals surface area (Å²) in [6.45, 7) is 0.850. The van der Waals surface area contributed by atoms with Gasteiger partial charge in [-0.1, -0.05) is 0 Å². The number of hydrogen-bond donors (Lipinski definition) is 3. The second kappa shape index (κ2) is 5.90. The molecule has 3 rings (SSSR count). The summed E-state index contributed by atoms with van der Waals surface area (Å²) in [6.07, 6.45) is -4.48. The average molecular weight is 341 g/mol. The van der Waals surface area contributed by atoms with Gasteiger partial charge >= 0.3 is 6.18 Å². The Morgan fingerprint density at radius 2 is 1.79 bits per heavy atom. The van der Waals surface area contributed by atoms with Gasteiger partial charge in [0.05, 0.1) is 17.5 Å². The highest BCUT2D eigenvalue weighted by Gasteiger charge is 2.48. The van der Waals surface area contributed by atoms with Crippen LogP contribution in [0.25, 0.3) is 0 Å². The first-order valence-electron chi connectivity index (χ1n) is 7.30. The number of anilines is 1. The normalized spacial score (nSPS) is 26.7. The molecule has 0 radical (unpaired) electrons. The van der Waals surface area contributed by atoms with Gasteiger partial charge < -0.3 is 16.0 Å². The van der Waals surface area contributed by atoms with Gasteiger partial charge in [0.2, 0.25) is 11.8 Å². The lowest BCUT2D eigenvalue weighted by Crippen LogP contribution is -2.57. The van der Waals surface area contributed by atoms with E-state index in [1.54, 1.807) is 0 Å². The summed E-state index contributed by atoms with van der Waals surface area (Å²) in [5, 5.41) is 7.92. The Bertz CT molecular complexity index is 687. The third-order valence-electron chi connectivity index (χ3n) is 4.20. The van der Waals surface area contributed by atoms with Crippen molar-refractivity contribution >= 4 is 23.3 Å². The minimum Gasteiger partial charge on any atom is -0.350 e. The standard InChI is InChI=1S/C15H14F3N3O3/c16-15(17,18)7-1-3-8(4-2-7)20-13(23)11-12(22)9-5-19-6-10(9)21-14(11)24/h1-4,9-11,19H,5-6H2,(H,20,23)(H,21,24)/t9-,10-,11?/m0/s1. The van der Waals surface area contributed by atoms with Gasteiger partial charge in [-0.05, 0) is 24.3 Å². The lowest BCUT2D eigenvalue weighted by atomic mass is 9.84. The summed E-state index contributed by atoms with van der Waals surface area (Å²) in [7, 11) is 0. The number of hydrogen-bond acceptors (Lipinski definition) is 4. The van der Waals surface area contributed by atoms with Crippen LogP contribution >= 0.6 is 0 Å². The van der Waals surface area contributed by atoms with Crippen LogP contribution in [0.1, 0.15) is 5.56 Å². The Kier molecular flexibility index (Phi) is 4.04. The first-order chi connectivity index (χ1) is 11.3. The molecule has 2 aliphatic rings. The number of fused-ring (bicyclic) bond motifs is 1. The molecule has 9 heteroatoms. The minimum atomic E-state index is -4.48. The summed E-state index contributed by atoms with van der Waals surface area (Å²) >= 11 is 0. The highest BCUT2D eigenvalue weighted by Crippen LogP contribution is 2.30. The Morgan fingerprint density at radius 1 is 1.12 bits per heavy atom. The molecular formula is C15H14F3N3O3. The molecule has 2 aliphatic heterocycles. The molecule has 2 amide bonds. The number of benzene rings is 1. The highest BCUT2D eigenvalue weighted by molar-refractivity contribution is 6.23. The Morgan fingerprint density at radius 3 is 2.42 bits per heavy atom. The lowest BCUT2D eigenvalue weighted by molar-refractivity contribution is -0.145. The van der Waals surface area contributed by atoms with Crippen LogP contribution < -0.4 is 16.0 Å². The molecule has 0 aliphatic carbocycles. The molecule has 6 nitrogen and oxygen atoms in total. The van der Waals surface area contributed by atoms with E-state index in [4.69, 9.17) is 0 Å². The van der Waals surface area contributed by atoms with Crippen molar-refractivity contribution in [1.82, 2.24) is 10.6 Å². The molecular weight excluding hydrogens is 327 g/mol. The highest BCUT2D eigenvalue weighted by atomic mass is 19.4. The zero-order chi connectivity index (χ0) is 17.5. The van der Waals surface area contributed by atoms with Crippen LogP contribution in [-0.2, 0) is 20.6 Å². The van der Waals surface area contributed by atoms with E-state index >= 15 is 0 Å². The van der Waals surface area contributed by atoms with E-state index in [1.165, 1.54) is 0 Å². The quantitative estimate of drug-likeness (QED) is 0.686. The van der Waals surface area contributed by atoms with Crippen LogP contribution in [0.15, 0.2) is 24.3 Å². The Hall–Kier alpha value is -2.42. The van der Waals surface area contributed by atoms with Gasteiger partial charge in [-0.15, -0.1) is 0 Å². The molecule has 24 heavy (non-hydrogen) atoms. The van der Waals surface area contributed by atoms with Crippen molar-refractivity contribution in [3.05, 3.63) is 29.8 Å². The molecule has 0 saturated carbocycles. The molecule has 128 valence electrons. The number of amides is 2. The predicted octanol–water partition coefficient (Wildman–Crippen LogP) is 0.547. The van der Waals surface area contributed by atoms with Crippen LogP contribution in [0.3, 0.4) is 0 Å². The van der Waals surface area contributed by atoms with Gasteiger partial charge in [-0.25, -0.2) is 0 Å². The van der Waals surface area contributed by atoms with Crippen molar-refractivity contribution < 1.29 is 27.6 Å². The molecule has 2 heterocycles. The lowest BCUT2D eigenvalue weighted by Gasteiger charge is -2.29. The second-order valence-electron chi connectivity index (χ2n) is 5.78. The van der Waals surface area contributed by atoms with E-state index in [-0.39, 0.29) is 11.7 Å². The number of carbonyl (C=O) groups is 3. The largest absolute Gasteiger partial charge is 0.416 e. The first-order valence-corrected chi connectivity index (χ1v) is 7.30. The van der Waals surface area contributed by atoms with E-state index in [9.17, 15) is 27.6 Å². The van der Waals surface area contributed by atoms with Gasteiger partial charge in [0, 0.05) is 18.8 Å². The summed E-state index contributed by atoms with van der Waals surface area (Å²) in [4.78, 5) is 36.5. The number of rotatable bonds is 2. The maximum absolute atomic E-state index is 12.5. The van der Waals surface area contributed by atoms with Crippen LogP contribution in [0.2, 0.25) is 0 Å². The van der Waals surface area contributed by atoms with E-state index in [1.807, 2.05) is 0 Å². The van der Waals surface area contributed by atoms with Crippen molar-refractivity contribution in [3.8, 4) is 0 Å². The fourth-order valence-electron chi connectivity index (χ4n) is 2.94. The van der Waals surface area contributed by atoms with Gasteiger partial charge in [0.15, 0.2) is 11.7 Å². The van der Waals surface area contributed by atoms with Crippen LogP contribution in [0, 0.1) is 11.8 Å². The predicted molar refractivity (Wildman–Crippen MR) is 76.9 cm³/mol. The summed E-state index contributed by atoms with van der Waals surface area (Å²) < 4.78 is 37.5. The molecule has 1 aromatic rings. The number of Topliss-reactive ketones (excluding diaryl/α,β-unsaturated/α-hetero) is 1. The maximum atomic E-state index is 12.5. The maximum Gasteiger partial charge on any atom is 0.416 e. The molecule has 2 saturated heterocycles. The van der Waals surface area contributed by atoms with Gasteiger partial charge in [-0.2, -0.15) is 13.2 Å². The van der Waals surface area contributed by atoms with Crippen LogP contribution in [0.4, 0.5) is 18.9 Å². The first kappa shape index (κ1) is 16.4. The van der Waals surface area contributed by atoms with Crippen LogP contribution in [0.5, 0.6) is 0 Å². The fraction of sp³-hybridized carbons (Fsp3) is 0.400. The second-order valence-corrected chi connectivity index (χ2v) is 5.78. The third kappa shape index (κ3) is 2.99. The molecule has 0 aromatic heterocycles. The summed E-state index contributed by atoms with van der Waals surface area (Å²) in [5.41, 5.74) is -0.771. The molecule has 0 bridgehead atoms. The van der Waals surface area contributed by atoms with Crippen molar-refractivity contribution in [2.45, 2.75) is 12.2 Å². The molecule has 2 fully saturated rings. The number of carbonyl (C=O) groups excluding carboxylic acids is 3. The summed E-state index contributed by atoms with van der Waals surface area (Å²) in [6, 6.07) is 3.46. The Labute approximate surface area is 134 Å². The third-order valence-corrected chi connectivity index (χ3v) is 4.20. The SMILES string of the molecule is O=C(Nc1ccc(C(F)(F)F)cc1)C1C(=O)N[C@H]2CNC[C@@H]2C1=O. The van der Waals surface area contributed by atoms with Crippen LogP contribution in [-0.4, -0.2) is 36.7 Å². The number of alkyl halides is 3. The van der Waals surface area contributed by atoms with Gasteiger partial charge in [0.25, 0.3) is 0 Å². The van der Waals surface area contributed by atoms with E-state index in [0.29, 0.717) is 13.1 Å². The van der Waals surface area contributed by atoms with Gasteiger partial charge in [0.1, 0.15) is 0 Å².